The van der Waals surface area contributed by atoms with Crippen LogP contribution in [0, 0.1) is 0 Å². The van der Waals surface area contributed by atoms with Crippen molar-refractivity contribution in [2.24, 2.45) is 0 Å². The van der Waals surface area contributed by atoms with Gasteiger partial charge in [0.2, 0.25) is 5.91 Å². The lowest BCUT2D eigenvalue weighted by Gasteiger charge is -2.37. The molecule has 1 amide bonds. The van der Waals surface area contributed by atoms with Gasteiger partial charge in [-0.3, -0.25) is 9.69 Å². The summed E-state index contributed by atoms with van der Waals surface area (Å²) in [7, 11) is 0. The molecular weight excluding hydrogens is 490 g/mol. The number of β-amino-alcohol motifs (C(OH)–C–C–N with tert-alkyl or cyclic N) is 1. The third kappa shape index (κ3) is 6.55. The molecule has 0 bridgehead atoms. The molecule has 37 heavy (non-hydrogen) atoms. The van der Waals surface area contributed by atoms with E-state index >= 15 is 0 Å². The highest BCUT2D eigenvalue weighted by Gasteiger charge is 2.24. The molecule has 3 aromatic carbocycles. The van der Waals surface area contributed by atoms with Crippen molar-refractivity contribution in [3.63, 3.8) is 0 Å². The van der Waals surface area contributed by atoms with Gasteiger partial charge in [0, 0.05) is 55.4 Å². The van der Waals surface area contributed by atoms with Crippen molar-refractivity contribution >= 4 is 28.9 Å². The lowest BCUT2D eigenvalue weighted by Crippen LogP contribution is -2.49. The SMILES string of the molecule is O=C1CCc2c(OCC(O)CN3CCN(c4cccc(Cl)c4)CC3)ccc(OCc3ccccc3)c2N1. The molecule has 2 heterocycles. The molecule has 2 N–H and O–H groups in total. The fraction of sp³-hybridized carbons (Fsp3) is 0.345. The van der Waals surface area contributed by atoms with Gasteiger partial charge in [0.25, 0.3) is 0 Å². The third-order valence-electron chi connectivity index (χ3n) is 6.78. The van der Waals surface area contributed by atoms with E-state index in [0.29, 0.717) is 43.2 Å². The van der Waals surface area contributed by atoms with Crippen LogP contribution in [0.4, 0.5) is 11.4 Å². The number of amides is 1. The number of carbonyl (C=O) groups excluding carboxylic acids is 1. The number of ether oxygens (including phenoxy) is 2. The topological polar surface area (TPSA) is 74.3 Å². The lowest BCUT2D eigenvalue weighted by atomic mass is 10.0. The average Bonchev–Trinajstić information content (AvgIpc) is 2.92. The number of rotatable bonds is 9. The molecule has 194 valence electrons. The second kappa shape index (κ2) is 11.9. The molecule has 1 unspecified atom stereocenters. The van der Waals surface area contributed by atoms with Gasteiger partial charge in [-0.1, -0.05) is 48.0 Å². The van der Waals surface area contributed by atoms with E-state index in [1.165, 1.54) is 0 Å². The summed E-state index contributed by atoms with van der Waals surface area (Å²) in [4.78, 5) is 16.7. The van der Waals surface area contributed by atoms with Crippen molar-refractivity contribution in [2.75, 3.05) is 49.5 Å². The Labute approximate surface area is 222 Å². The predicted molar refractivity (Wildman–Crippen MR) is 146 cm³/mol. The molecular formula is C29H32ClN3O4. The van der Waals surface area contributed by atoms with E-state index in [2.05, 4.69) is 21.2 Å². The molecule has 1 atom stereocenters. The molecule has 0 aromatic heterocycles. The summed E-state index contributed by atoms with van der Waals surface area (Å²) in [6, 6.07) is 21.5. The van der Waals surface area contributed by atoms with E-state index in [-0.39, 0.29) is 12.5 Å². The number of anilines is 2. The molecule has 2 aliphatic rings. The van der Waals surface area contributed by atoms with Crippen molar-refractivity contribution in [1.82, 2.24) is 4.90 Å². The van der Waals surface area contributed by atoms with Crippen molar-refractivity contribution in [3.8, 4) is 11.5 Å². The fourth-order valence-corrected chi connectivity index (χ4v) is 5.01. The largest absolute Gasteiger partial charge is 0.490 e. The Morgan fingerprint density at radius 3 is 2.49 bits per heavy atom. The maximum Gasteiger partial charge on any atom is 0.224 e. The Morgan fingerprint density at radius 1 is 0.919 bits per heavy atom. The summed E-state index contributed by atoms with van der Waals surface area (Å²) in [6.07, 6.45) is 0.339. The molecule has 0 aliphatic carbocycles. The zero-order valence-corrected chi connectivity index (χ0v) is 21.5. The number of benzene rings is 3. The van der Waals surface area contributed by atoms with Gasteiger partial charge in [-0.15, -0.1) is 0 Å². The fourth-order valence-electron chi connectivity index (χ4n) is 4.82. The van der Waals surface area contributed by atoms with Gasteiger partial charge < -0.3 is 24.8 Å². The maximum absolute atomic E-state index is 12.1. The minimum absolute atomic E-state index is 0.0360. The van der Waals surface area contributed by atoms with Gasteiger partial charge in [-0.2, -0.15) is 0 Å². The van der Waals surface area contributed by atoms with E-state index < -0.39 is 6.10 Å². The van der Waals surface area contributed by atoms with Gasteiger partial charge in [0.05, 0.1) is 5.69 Å². The molecule has 3 aromatic rings. The summed E-state index contributed by atoms with van der Waals surface area (Å²) >= 11 is 6.14. The number of nitrogens with zero attached hydrogens (tertiary/aromatic N) is 2. The standard InChI is InChI=1S/C29H32ClN3O4/c30-22-7-4-8-23(17-22)33-15-13-32(14-16-33)18-24(34)20-37-26-10-11-27(29-25(26)9-12-28(35)31-29)36-19-21-5-2-1-3-6-21/h1-8,10-11,17,24,34H,9,12-16,18-20H2,(H,31,35). The molecule has 0 saturated carbocycles. The summed E-state index contributed by atoms with van der Waals surface area (Å²) in [6.45, 7) is 4.61. The Balaban J connectivity index is 1.15. The first-order valence-electron chi connectivity index (χ1n) is 12.7. The minimum atomic E-state index is -0.624. The van der Waals surface area contributed by atoms with E-state index in [1.807, 2.05) is 60.7 Å². The molecule has 0 radical (unpaired) electrons. The van der Waals surface area contributed by atoms with Crippen LogP contribution in [0.25, 0.3) is 0 Å². The molecule has 0 spiro atoms. The first kappa shape index (κ1) is 25.4. The average molecular weight is 522 g/mol. The maximum atomic E-state index is 12.1. The number of halogens is 1. The van der Waals surface area contributed by atoms with Gasteiger partial charge in [0.1, 0.15) is 30.8 Å². The Kier molecular flexibility index (Phi) is 8.14. The highest BCUT2D eigenvalue weighted by molar-refractivity contribution is 6.30. The molecule has 1 saturated heterocycles. The Morgan fingerprint density at radius 2 is 1.70 bits per heavy atom. The van der Waals surface area contributed by atoms with Crippen molar-refractivity contribution < 1.29 is 19.4 Å². The number of nitrogens with one attached hydrogen (secondary N) is 1. The first-order chi connectivity index (χ1) is 18.0. The van der Waals surface area contributed by atoms with Crippen LogP contribution < -0.4 is 19.7 Å². The summed E-state index contributed by atoms with van der Waals surface area (Å²) in [5.74, 6) is 1.26. The highest BCUT2D eigenvalue weighted by atomic mass is 35.5. The number of aliphatic hydroxyl groups is 1. The number of fused-ring (bicyclic) bond motifs is 1. The Bertz CT molecular complexity index is 1220. The monoisotopic (exact) mass is 521 g/mol. The zero-order chi connectivity index (χ0) is 25.6. The summed E-state index contributed by atoms with van der Waals surface area (Å²) in [5.41, 5.74) is 3.75. The quantitative estimate of drug-likeness (QED) is 0.436. The number of carbonyl (C=O) groups is 1. The molecule has 1 fully saturated rings. The van der Waals surface area contributed by atoms with Gasteiger partial charge >= 0.3 is 0 Å². The van der Waals surface area contributed by atoms with Crippen LogP contribution in [0.5, 0.6) is 11.5 Å². The second-order valence-corrected chi connectivity index (χ2v) is 9.91. The van der Waals surface area contributed by atoms with Crippen molar-refractivity contribution in [1.29, 1.82) is 0 Å². The van der Waals surface area contributed by atoms with Crippen LogP contribution >= 0.6 is 11.6 Å². The number of hydrogen-bond acceptors (Lipinski definition) is 6. The van der Waals surface area contributed by atoms with Gasteiger partial charge in [0.15, 0.2) is 0 Å². The summed E-state index contributed by atoms with van der Waals surface area (Å²) in [5, 5.41) is 14.4. The van der Waals surface area contributed by atoms with Gasteiger partial charge in [-0.25, -0.2) is 0 Å². The normalized spacial score (nSPS) is 16.6. The van der Waals surface area contributed by atoms with Crippen molar-refractivity contribution in [3.05, 3.63) is 82.9 Å². The molecule has 2 aliphatic heterocycles. The third-order valence-corrected chi connectivity index (χ3v) is 7.02. The molecule has 7 nitrogen and oxygen atoms in total. The van der Waals surface area contributed by atoms with Crippen molar-refractivity contribution in [2.45, 2.75) is 25.6 Å². The van der Waals surface area contributed by atoms with E-state index in [9.17, 15) is 9.90 Å². The van der Waals surface area contributed by atoms with Crippen LogP contribution in [-0.4, -0.2) is 61.3 Å². The van der Waals surface area contributed by atoms with Crippen LogP contribution in [-0.2, 0) is 17.8 Å². The second-order valence-electron chi connectivity index (χ2n) is 9.47. The number of hydrogen-bond donors (Lipinski definition) is 2. The highest BCUT2D eigenvalue weighted by Crippen LogP contribution is 2.39. The molecule has 8 heteroatoms. The van der Waals surface area contributed by atoms with Crippen LogP contribution in [0.15, 0.2) is 66.7 Å². The zero-order valence-electron chi connectivity index (χ0n) is 20.7. The van der Waals surface area contributed by atoms with Crippen LogP contribution in [0.2, 0.25) is 5.02 Å². The predicted octanol–water partition coefficient (Wildman–Crippen LogP) is 4.37. The minimum Gasteiger partial charge on any atom is -0.490 e. The summed E-state index contributed by atoms with van der Waals surface area (Å²) < 4.78 is 12.1. The van der Waals surface area contributed by atoms with Crippen LogP contribution in [0.3, 0.4) is 0 Å². The number of piperazine rings is 1. The smallest absolute Gasteiger partial charge is 0.224 e. The van der Waals surface area contributed by atoms with Crippen LogP contribution in [0.1, 0.15) is 17.5 Å². The number of aliphatic hydroxyl groups excluding tert-OH is 1. The lowest BCUT2D eigenvalue weighted by molar-refractivity contribution is -0.116. The van der Waals surface area contributed by atoms with E-state index in [0.717, 1.165) is 48.0 Å². The first-order valence-corrected chi connectivity index (χ1v) is 13.1. The van der Waals surface area contributed by atoms with E-state index in [1.54, 1.807) is 0 Å². The Hall–Kier alpha value is -3.26. The van der Waals surface area contributed by atoms with E-state index in [4.69, 9.17) is 21.1 Å². The van der Waals surface area contributed by atoms with Gasteiger partial charge in [-0.05, 0) is 42.3 Å². The molecule has 5 rings (SSSR count).